The molecule has 1 N–H and O–H groups in total. The minimum atomic E-state index is -4.85. The minimum Gasteiger partial charge on any atom is -0.343 e. The number of halogens is 6. The third-order valence-corrected chi connectivity index (χ3v) is 6.40. The summed E-state index contributed by atoms with van der Waals surface area (Å²) in [4.78, 5) is 0. The van der Waals surface area contributed by atoms with Crippen LogP contribution in [0.15, 0.2) is 18.2 Å². The van der Waals surface area contributed by atoms with Crippen LogP contribution in [0.3, 0.4) is 0 Å². The molecule has 1 aromatic carbocycles. The lowest BCUT2D eigenvalue weighted by atomic mass is 9.91. The van der Waals surface area contributed by atoms with Crippen LogP contribution in [0.2, 0.25) is 0 Å². The number of rotatable bonds is 18. The minimum absolute atomic E-state index is 0.0126. The largest absolute Gasteiger partial charge is 0.416 e. The van der Waals surface area contributed by atoms with Crippen LogP contribution in [-0.2, 0) is 28.2 Å². The molecule has 9 heteroatoms. The highest BCUT2D eigenvalue weighted by molar-refractivity contribution is 5.33. The SMILES string of the molecule is CCCCCCCCC(CCCCCc1cc(C(F)(F)F)cc(C(F)(F)F)c1)C(O)(OC(C)C)OC(C)C. The van der Waals surface area contributed by atoms with Gasteiger partial charge in [-0.1, -0.05) is 58.3 Å². The smallest absolute Gasteiger partial charge is 0.343 e. The van der Waals surface area contributed by atoms with Crippen LogP contribution in [0.1, 0.15) is 122 Å². The van der Waals surface area contributed by atoms with Crippen LogP contribution in [0.25, 0.3) is 0 Å². The van der Waals surface area contributed by atoms with E-state index in [0.29, 0.717) is 32.1 Å². The van der Waals surface area contributed by atoms with E-state index in [0.717, 1.165) is 37.8 Å². The Kier molecular flexibility index (Phi) is 14.7. The highest BCUT2D eigenvalue weighted by Crippen LogP contribution is 2.37. The zero-order valence-electron chi connectivity index (χ0n) is 23.5. The number of hydrogen-bond donors (Lipinski definition) is 1. The van der Waals surface area contributed by atoms with Crippen molar-refractivity contribution in [2.45, 2.75) is 142 Å². The first-order valence-corrected chi connectivity index (χ1v) is 13.9. The molecule has 0 aliphatic rings. The molecule has 0 radical (unpaired) electrons. The standard InChI is InChI=1S/C29H46F6O3/c1-6-7-8-9-10-13-16-24(29(36,37-21(2)3)38-22(4)5)17-14-11-12-15-23-18-25(27(30,31)32)20-26(19-23)28(33,34)35/h18-22,24,36H,6-17H2,1-5H3. The number of aryl methyl sites for hydroxylation is 1. The maximum atomic E-state index is 13.1. The van der Waals surface area contributed by atoms with Gasteiger partial charge in [0, 0.05) is 5.92 Å². The Balaban J connectivity index is 2.83. The molecule has 0 spiro atoms. The predicted octanol–water partition coefficient (Wildman–Crippen LogP) is 9.69. The number of benzene rings is 1. The van der Waals surface area contributed by atoms with Gasteiger partial charge in [0.1, 0.15) is 0 Å². The van der Waals surface area contributed by atoms with E-state index in [1.807, 2.05) is 27.7 Å². The van der Waals surface area contributed by atoms with E-state index in [1.54, 1.807) is 0 Å². The first-order chi connectivity index (χ1) is 17.6. The van der Waals surface area contributed by atoms with Gasteiger partial charge in [-0.15, -0.1) is 0 Å². The molecular formula is C29H46F6O3. The molecule has 0 aliphatic carbocycles. The molecule has 0 saturated heterocycles. The van der Waals surface area contributed by atoms with Crippen LogP contribution in [0, 0.1) is 5.92 Å². The highest BCUT2D eigenvalue weighted by atomic mass is 19.4. The van der Waals surface area contributed by atoms with Gasteiger partial charge in [-0.05, 0) is 77.1 Å². The fraction of sp³-hybridized carbons (Fsp3) is 0.793. The average molecular weight is 557 g/mol. The number of aliphatic hydroxyl groups is 1. The molecule has 1 atom stereocenters. The van der Waals surface area contributed by atoms with Crippen molar-refractivity contribution >= 4 is 0 Å². The van der Waals surface area contributed by atoms with Gasteiger partial charge < -0.3 is 14.6 Å². The van der Waals surface area contributed by atoms with Crippen molar-refractivity contribution in [3.8, 4) is 0 Å². The lowest BCUT2D eigenvalue weighted by Gasteiger charge is -2.38. The van der Waals surface area contributed by atoms with Crippen LogP contribution in [-0.4, -0.2) is 23.3 Å². The fourth-order valence-corrected chi connectivity index (χ4v) is 4.64. The van der Waals surface area contributed by atoms with E-state index in [-0.39, 0.29) is 36.2 Å². The number of ether oxygens (including phenoxy) is 2. The molecule has 1 rings (SSSR count). The summed E-state index contributed by atoms with van der Waals surface area (Å²) in [5.74, 6) is -2.06. The first kappa shape index (κ1) is 34.7. The Morgan fingerprint density at radius 3 is 1.50 bits per heavy atom. The van der Waals surface area contributed by atoms with E-state index in [2.05, 4.69) is 6.92 Å². The Bertz CT molecular complexity index is 747. The molecule has 3 nitrogen and oxygen atoms in total. The van der Waals surface area contributed by atoms with Gasteiger partial charge in [-0.3, -0.25) is 0 Å². The summed E-state index contributed by atoms with van der Waals surface area (Å²) in [6, 6.07) is 1.74. The summed E-state index contributed by atoms with van der Waals surface area (Å²) in [6.45, 7) is 9.44. The fourth-order valence-electron chi connectivity index (χ4n) is 4.64. The molecule has 38 heavy (non-hydrogen) atoms. The van der Waals surface area contributed by atoms with Gasteiger partial charge in [0.2, 0.25) is 0 Å². The second-order valence-corrected chi connectivity index (χ2v) is 10.7. The lowest BCUT2D eigenvalue weighted by molar-refractivity contribution is -0.407. The normalized spacial score (nSPS) is 14.1. The summed E-state index contributed by atoms with van der Waals surface area (Å²) in [7, 11) is 0. The molecule has 0 fully saturated rings. The summed E-state index contributed by atoms with van der Waals surface area (Å²) < 4.78 is 90.5. The molecule has 1 aromatic rings. The van der Waals surface area contributed by atoms with Crippen molar-refractivity contribution in [2.24, 2.45) is 5.92 Å². The van der Waals surface area contributed by atoms with Crippen LogP contribution < -0.4 is 0 Å². The first-order valence-electron chi connectivity index (χ1n) is 13.9. The summed E-state index contributed by atoms with van der Waals surface area (Å²) in [5, 5.41) is 11.3. The van der Waals surface area contributed by atoms with E-state index < -0.39 is 29.5 Å². The van der Waals surface area contributed by atoms with Crippen LogP contribution >= 0.6 is 0 Å². The van der Waals surface area contributed by atoms with Crippen molar-refractivity contribution in [3.63, 3.8) is 0 Å². The maximum absolute atomic E-state index is 13.1. The van der Waals surface area contributed by atoms with Crippen molar-refractivity contribution in [2.75, 3.05) is 0 Å². The monoisotopic (exact) mass is 556 g/mol. The second kappa shape index (κ2) is 16.1. The highest BCUT2D eigenvalue weighted by Gasteiger charge is 2.40. The topological polar surface area (TPSA) is 38.7 Å². The molecule has 1 unspecified atom stereocenters. The van der Waals surface area contributed by atoms with Crippen molar-refractivity contribution in [1.29, 1.82) is 0 Å². The maximum Gasteiger partial charge on any atom is 0.416 e. The predicted molar refractivity (Wildman–Crippen MR) is 137 cm³/mol. The van der Waals surface area contributed by atoms with E-state index in [4.69, 9.17) is 9.47 Å². The quantitative estimate of drug-likeness (QED) is 0.111. The number of unbranched alkanes of at least 4 members (excludes halogenated alkanes) is 7. The second-order valence-electron chi connectivity index (χ2n) is 10.7. The Hall–Kier alpha value is -1.32. The third kappa shape index (κ3) is 13.2. The van der Waals surface area contributed by atoms with E-state index in [1.165, 1.54) is 12.8 Å². The molecule has 0 bridgehead atoms. The van der Waals surface area contributed by atoms with Crippen molar-refractivity contribution in [3.05, 3.63) is 34.9 Å². The van der Waals surface area contributed by atoms with Crippen LogP contribution in [0.4, 0.5) is 26.3 Å². The number of alkyl halides is 6. The molecule has 0 saturated carbocycles. The van der Waals surface area contributed by atoms with E-state index >= 15 is 0 Å². The Labute approximate surface area is 224 Å². The van der Waals surface area contributed by atoms with Gasteiger partial charge in [-0.25, -0.2) is 0 Å². The molecule has 0 heterocycles. The van der Waals surface area contributed by atoms with Gasteiger partial charge >= 0.3 is 12.4 Å². The van der Waals surface area contributed by atoms with Gasteiger partial charge in [0.25, 0.3) is 5.97 Å². The summed E-state index contributed by atoms with van der Waals surface area (Å²) in [6.07, 6.45) is -0.640. The zero-order chi connectivity index (χ0) is 29.0. The van der Waals surface area contributed by atoms with Gasteiger partial charge in [0.15, 0.2) is 0 Å². The van der Waals surface area contributed by atoms with Crippen molar-refractivity contribution < 1.29 is 40.9 Å². The third-order valence-electron chi connectivity index (χ3n) is 6.40. The van der Waals surface area contributed by atoms with Gasteiger partial charge in [-0.2, -0.15) is 26.3 Å². The Morgan fingerprint density at radius 1 is 0.658 bits per heavy atom. The summed E-state index contributed by atoms with van der Waals surface area (Å²) in [5.41, 5.74) is -2.57. The number of hydrogen-bond acceptors (Lipinski definition) is 3. The molecule has 0 aliphatic heterocycles. The van der Waals surface area contributed by atoms with E-state index in [9.17, 15) is 31.4 Å². The summed E-state index contributed by atoms with van der Waals surface area (Å²) >= 11 is 0. The Morgan fingerprint density at radius 2 is 1.08 bits per heavy atom. The van der Waals surface area contributed by atoms with Gasteiger partial charge in [0.05, 0.1) is 23.3 Å². The van der Waals surface area contributed by atoms with Crippen LogP contribution in [0.5, 0.6) is 0 Å². The van der Waals surface area contributed by atoms with Crippen molar-refractivity contribution in [1.82, 2.24) is 0 Å². The lowest BCUT2D eigenvalue weighted by Crippen LogP contribution is -2.47. The molecule has 222 valence electrons. The average Bonchev–Trinajstić information content (AvgIpc) is 2.77. The zero-order valence-corrected chi connectivity index (χ0v) is 23.5. The molecule has 0 aromatic heterocycles. The molecule has 0 amide bonds. The molecular weight excluding hydrogens is 510 g/mol.